The quantitative estimate of drug-likeness (QED) is 0.819. The normalized spacial score (nSPS) is 12.4. The summed E-state index contributed by atoms with van der Waals surface area (Å²) < 4.78 is 1.91. The zero-order valence-corrected chi connectivity index (χ0v) is 13.2. The molecule has 0 aliphatic rings. The van der Waals surface area contributed by atoms with Crippen molar-refractivity contribution in [2.75, 3.05) is 0 Å². The number of aliphatic hydroxyl groups excluding tert-OH is 1. The maximum atomic E-state index is 10.4. The van der Waals surface area contributed by atoms with Gasteiger partial charge in [0.15, 0.2) is 0 Å². The highest BCUT2D eigenvalue weighted by molar-refractivity contribution is 9.11. The van der Waals surface area contributed by atoms with Gasteiger partial charge < -0.3 is 5.11 Å². The van der Waals surface area contributed by atoms with Crippen LogP contribution in [-0.4, -0.2) is 5.11 Å². The Balaban J connectivity index is 2.37. The smallest absolute Gasteiger partial charge is 0.104 e. The number of aryl methyl sites for hydroxylation is 1. The Morgan fingerprint density at radius 1 is 1.00 bits per heavy atom. The zero-order valence-electron chi connectivity index (χ0n) is 10.0. The fourth-order valence-electron chi connectivity index (χ4n) is 1.91. The zero-order chi connectivity index (χ0) is 13.1. The third-order valence-electron chi connectivity index (χ3n) is 2.88. The second-order valence-electron chi connectivity index (χ2n) is 4.20. The van der Waals surface area contributed by atoms with Crippen molar-refractivity contribution >= 4 is 31.9 Å². The summed E-state index contributed by atoms with van der Waals surface area (Å²) in [6.07, 6.45) is 0.383. The Hall–Kier alpha value is -0.640. The Kier molecular flexibility index (Phi) is 4.60. The molecule has 0 aliphatic carbocycles. The van der Waals surface area contributed by atoms with Gasteiger partial charge in [-0.1, -0.05) is 63.0 Å². The topological polar surface area (TPSA) is 20.2 Å². The van der Waals surface area contributed by atoms with E-state index in [-0.39, 0.29) is 0 Å². The summed E-state index contributed by atoms with van der Waals surface area (Å²) in [5, 5.41) is 10.4. The van der Waals surface area contributed by atoms with Crippen molar-refractivity contribution < 1.29 is 5.11 Å². The van der Waals surface area contributed by atoms with Crippen molar-refractivity contribution in [3.63, 3.8) is 0 Å². The fourth-order valence-corrected chi connectivity index (χ4v) is 3.24. The summed E-state index contributed by atoms with van der Waals surface area (Å²) in [6.45, 7) is 2.11. The second kappa shape index (κ2) is 6.00. The summed E-state index contributed by atoms with van der Waals surface area (Å²) in [7, 11) is 0. The molecule has 1 N–H and O–H groups in total. The molecule has 0 fully saturated rings. The van der Waals surface area contributed by atoms with Crippen LogP contribution >= 0.6 is 31.9 Å². The van der Waals surface area contributed by atoms with E-state index in [4.69, 9.17) is 0 Å². The van der Waals surface area contributed by atoms with Gasteiger partial charge in [-0.2, -0.15) is 0 Å². The van der Waals surface area contributed by atoms with Gasteiger partial charge in [0.1, 0.15) is 6.10 Å². The number of hydrogen-bond donors (Lipinski definition) is 1. The van der Waals surface area contributed by atoms with Crippen molar-refractivity contribution in [3.8, 4) is 0 Å². The van der Waals surface area contributed by atoms with Crippen LogP contribution in [0.2, 0.25) is 0 Å². The summed E-state index contributed by atoms with van der Waals surface area (Å²) in [4.78, 5) is 0. The Morgan fingerprint density at radius 2 is 1.67 bits per heavy atom. The monoisotopic (exact) mass is 368 g/mol. The molecule has 0 aromatic heterocycles. The van der Waals surface area contributed by atoms with E-state index in [0.717, 1.165) is 26.5 Å². The number of aliphatic hydroxyl groups is 1. The van der Waals surface area contributed by atoms with Crippen molar-refractivity contribution in [2.24, 2.45) is 0 Å². The molecule has 0 heterocycles. The van der Waals surface area contributed by atoms with Crippen LogP contribution in [0.4, 0.5) is 0 Å². The van der Waals surface area contributed by atoms with Crippen molar-refractivity contribution in [1.82, 2.24) is 0 Å². The van der Waals surface area contributed by atoms with Crippen LogP contribution in [0, 0.1) is 0 Å². The van der Waals surface area contributed by atoms with Crippen LogP contribution in [0.3, 0.4) is 0 Å². The van der Waals surface area contributed by atoms with Crippen LogP contribution in [0.15, 0.2) is 51.4 Å². The molecule has 0 spiro atoms. The van der Waals surface area contributed by atoms with E-state index < -0.39 is 6.10 Å². The Bertz CT molecular complexity index is 532. The summed E-state index contributed by atoms with van der Waals surface area (Å²) in [5.41, 5.74) is 3.05. The van der Waals surface area contributed by atoms with Crippen LogP contribution in [0.25, 0.3) is 0 Å². The van der Waals surface area contributed by atoms with Gasteiger partial charge >= 0.3 is 0 Å². The van der Waals surface area contributed by atoms with E-state index in [9.17, 15) is 5.11 Å². The molecule has 0 radical (unpaired) electrons. The minimum atomic E-state index is -0.592. The molecule has 2 rings (SSSR count). The van der Waals surface area contributed by atoms with E-state index >= 15 is 0 Å². The average molecular weight is 370 g/mol. The fraction of sp³-hybridized carbons (Fsp3) is 0.200. The molecule has 0 amide bonds. The van der Waals surface area contributed by atoms with Crippen molar-refractivity contribution in [1.29, 1.82) is 0 Å². The molecule has 3 heteroatoms. The lowest BCUT2D eigenvalue weighted by Gasteiger charge is -2.13. The molecule has 0 saturated heterocycles. The number of hydrogen-bond acceptors (Lipinski definition) is 1. The van der Waals surface area contributed by atoms with Crippen molar-refractivity contribution in [3.05, 3.63) is 68.1 Å². The molecular formula is C15H14Br2O. The van der Waals surface area contributed by atoms with E-state index in [1.807, 2.05) is 30.3 Å². The molecule has 1 nitrogen and oxygen atoms in total. The molecule has 18 heavy (non-hydrogen) atoms. The Morgan fingerprint density at radius 3 is 2.28 bits per heavy atom. The highest BCUT2D eigenvalue weighted by atomic mass is 79.9. The molecule has 0 bridgehead atoms. The maximum absolute atomic E-state index is 10.4. The predicted octanol–water partition coefficient (Wildman–Crippen LogP) is 4.86. The highest BCUT2D eigenvalue weighted by Gasteiger charge is 2.12. The van der Waals surface area contributed by atoms with E-state index in [2.05, 4.69) is 50.9 Å². The van der Waals surface area contributed by atoms with Crippen molar-refractivity contribution in [2.45, 2.75) is 19.4 Å². The van der Waals surface area contributed by atoms with Crippen LogP contribution in [-0.2, 0) is 6.42 Å². The predicted molar refractivity (Wildman–Crippen MR) is 81.7 cm³/mol. The minimum absolute atomic E-state index is 0.592. The van der Waals surface area contributed by atoms with Gasteiger partial charge in [-0.25, -0.2) is 0 Å². The number of rotatable bonds is 3. The summed E-state index contributed by atoms with van der Waals surface area (Å²) in [6, 6.07) is 13.9. The van der Waals surface area contributed by atoms with Gasteiger partial charge in [0.05, 0.1) is 0 Å². The first-order chi connectivity index (χ1) is 8.60. The Labute approximate surface area is 124 Å². The molecule has 0 aliphatic heterocycles. The first-order valence-corrected chi connectivity index (χ1v) is 7.41. The standard InChI is InChI=1S/C15H14Br2O/c1-2-10-4-3-5-11(6-10)15(18)12-7-13(16)9-14(17)8-12/h3-9,15,18H,2H2,1H3. The van der Waals surface area contributed by atoms with E-state index in [1.165, 1.54) is 5.56 Å². The number of halogens is 2. The minimum Gasteiger partial charge on any atom is -0.384 e. The maximum Gasteiger partial charge on any atom is 0.104 e. The molecule has 94 valence electrons. The van der Waals surface area contributed by atoms with Gasteiger partial charge in [0, 0.05) is 8.95 Å². The van der Waals surface area contributed by atoms with Crippen LogP contribution in [0.1, 0.15) is 29.7 Å². The highest BCUT2D eigenvalue weighted by Crippen LogP contribution is 2.28. The average Bonchev–Trinajstić information content (AvgIpc) is 2.37. The first-order valence-electron chi connectivity index (χ1n) is 5.83. The van der Waals surface area contributed by atoms with Crippen LogP contribution < -0.4 is 0 Å². The van der Waals surface area contributed by atoms with E-state index in [1.54, 1.807) is 0 Å². The molecule has 0 saturated carbocycles. The molecular weight excluding hydrogens is 356 g/mol. The first kappa shape index (κ1) is 13.8. The lowest BCUT2D eigenvalue weighted by molar-refractivity contribution is 0.220. The molecule has 1 unspecified atom stereocenters. The van der Waals surface area contributed by atoms with E-state index in [0.29, 0.717) is 0 Å². The van der Waals surface area contributed by atoms with Gasteiger partial charge in [0.25, 0.3) is 0 Å². The molecule has 2 aromatic rings. The summed E-state index contributed by atoms with van der Waals surface area (Å²) >= 11 is 6.88. The van der Waals surface area contributed by atoms with Gasteiger partial charge in [-0.05, 0) is 41.3 Å². The second-order valence-corrected chi connectivity index (χ2v) is 6.04. The lowest BCUT2D eigenvalue weighted by atomic mass is 9.99. The van der Waals surface area contributed by atoms with Gasteiger partial charge in [-0.3, -0.25) is 0 Å². The largest absolute Gasteiger partial charge is 0.384 e. The summed E-state index contributed by atoms with van der Waals surface area (Å²) in [5.74, 6) is 0. The van der Waals surface area contributed by atoms with Crippen LogP contribution in [0.5, 0.6) is 0 Å². The third kappa shape index (κ3) is 3.22. The molecule has 1 atom stereocenters. The lowest BCUT2D eigenvalue weighted by Crippen LogP contribution is -2.00. The third-order valence-corrected chi connectivity index (χ3v) is 3.79. The van der Waals surface area contributed by atoms with Gasteiger partial charge in [-0.15, -0.1) is 0 Å². The SMILES string of the molecule is CCc1cccc(C(O)c2cc(Br)cc(Br)c2)c1. The van der Waals surface area contributed by atoms with Gasteiger partial charge in [0.2, 0.25) is 0 Å². The molecule has 2 aromatic carbocycles. The number of benzene rings is 2.